The molecule has 0 aromatic carbocycles. The minimum atomic E-state index is 0.0353. The zero-order valence-corrected chi connectivity index (χ0v) is 8.21. The molecule has 0 rings (SSSR count). The number of carbonyl (C=O) groups excluding carboxylic acids is 1. The molecule has 0 bridgehead atoms. The molecular formula is C9H19NO3. The SMILES string of the molecule is CCOCCCC(=O)NCCCO. The van der Waals surface area contributed by atoms with Crippen molar-refractivity contribution in [1.29, 1.82) is 0 Å². The fourth-order valence-corrected chi connectivity index (χ4v) is 0.874. The van der Waals surface area contributed by atoms with Crippen LogP contribution in [0.15, 0.2) is 0 Å². The van der Waals surface area contributed by atoms with E-state index in [1.165, 1.54) is 0 Å². The zero-order valence-electron chi connectivity index (χ0n) is 8.21. The lowest BCUT2D eigenvalue weighted by Crippen LogP contribution is -2.24. The van der Waals surface area contributed by atoms with Crippen LogP contribution in [-0.2, 0) is 9.53 Å². The number of ether oxygens (including phenoxy) is 1. The van der Waals surface area contributed by atoms with E-state index in [-0.39, 0.29) is 12.5 Å². The molecule has 0 aliphatic rings. The lowest BCUT2D eigenvalue weighted by molar-refractivity contribution is -0.121. The van der Waals surface area contributed by atoms with Gasteiger partial charge in [0, 0.05) is 32.8 Å². The van der Waals surface area contributed by atoms with E-state index in [1.54, 1.807) is 0 Å². The van der Waals surface area contributed by atoms with Gasteiger partial charge in [-0.2, -0.15) is 0 Å². The summed E-state index contributed by atoms with van der Waals surface area (Å²) in [6.07, 6.45) is 1.89. The Morgan fingerprint density at radius 2 is 2.23 bits per heavy atom. The van der Waals surface area contributed by atoms with Crippen molar-refractivity contribution in [3.8, 4) is 0 Å². The van der Waals surface area contributed by atoms with E-state index < -0.39 is 0 Å². The summed E-state index contributed by atoms with van der Waals surface area (Å²) < 4.78 is 5.09. The quantitative estimate of drug-likeness (QED) is 0.540. The van der Waals surface area contributed by atoms with Crippen LogP contribution in [0.25, 0.3) is 0 Å². The van der Waals surface area contributed by atoms with Gasteiger partial charge < -0.3 is 15.2 Å². The molecule has 0 saturated carbocycles. The number of amides is 1. The first-order valence-corrected chi connectivity index (χ1v) is 4.76. The van der Waals surface area contributed by atoms with Crippen LogP contribution in [0.2, 0.25) is 0 Å². The fraction of sp³-hybridized carbons (Fsp3) is 0.889. The van der Waals surface area contributed by atoms with Crippen molar-refractivity contribution in [2.24, 2.45) is 0 Å². The van der Waals surface area contributed by atoms with Gasteiger partial charge in [0.05, 0.1) is 0 Å². The summed E-state index contributed by atoms with van der Waals surface area (Å²) in [4.78, 5) is 11.0. The molecule has 4 heteroatoms. The Balaban J connectivity index is 3.11. The van der Waals surface area contributed by atoms with Crippen molar-refractivity contribution in [2.45, 2.75) is 26.2 Å². The Morgan fingerprint density at radius 1 is 1.46 bits per heavy atom. The second kappa shape index (κ2) is 9.48. The van der Waals surface area contributed by atoms with Crippen molar-refractivity contribution in [3.05, 3.63) is 0 Å². The second-order valence-electron chi connectivity index (χ2n) is 2.73. The second-order valence-corrected chi connectivity index (χ2v) is 2.73. The largest absolute Gasteiger partial charge is 0.396 e. The minimum absolute atomic E-state index is 0.0353. The van der Waals surface area contributed by atoms with E-state index in [4.69, 9.17) is 9.84 Å². The summed E-state index contributed by atoms with van der Waals surface area (Å²) in [7, 11) is 0. The van der Waals surface area contributed by atoms with E-state index >= 15 is 0 Å². The summed E-state index contributed by atoms with van der Waals surface area (Å²) in [6.45, 7) is 3.96. The normalized spacial score (nSPS) is 10.0. The molecule has 13 heavy (non-hydrogen) atoms. The van der Waals surface area contributed by atoms with Gasteiger partial charge in [-0.25, -0.2) is 0 Å². The van der Waals surface area contributed by atoms with Crippen LogP contribution in [0, 0.1) is 0 Å². The van der Waals surface area contributed by atoms with Gasteiger partial charge in [-0.05, 0) is 19.8 Å². The molecule has 4 nitrogen and oxygen atoms in total. The molecule has 78 valence electrons. The maximum absolute atomic E-state index is 11.0. The smallest absolute Gasteiger partial charge is 0.220 e. The monoisotopic (exact) mass is 189 g/mol. The average molecular weight is 189 g/mol. The lowest BCUT2D eigenvalue weighted by atomic mass is 10.3. The molecule has 0 atom stereocenters. The zero-order chi connectivity index (χ0) is 9.94. The number of carbonyl (C=O) groups is 1. The Hall–Kier alpha value is -0.610. The van der Waals surface area contributed by atoms with Gasteiger partial charge in [-0.3, -0.25) is 4.79 Å². The summed E-state index contributed by atoms with van der Waals surface area (Å²) in [5.74, 6) is 0.0353. The molecule has 0 heterocycles. The van der Waals surface area contributed by atoms with E-state index in [0.717, 1.165) is 6.42 Å². The van der Waals surface area contributed by atoms with Crippen molar-refractivity contribution in [2.75, 3.05) is 26.4 Å². The van der Waals surface area contributed by atoms with Gasteiger partial charge >= 0.3 is 0 Å². The third-order valence-corrected chi connectivity index (χ3v) is 1.55. The average Bonchev–Trinajstić information content (AvgIpc) is 2.13. The number of hydrogen-bond acceptors (Lipinski definition) is 3. The molecule has 0 radical (unpaired) electrons. The lowest BCUT2D eigenvalue weighted by Gasteiger charge is -2.03. The highest BCUT2D eigenvalue weighted by molar-refractivity contribution is 5.75. The van der Waals surface area contributed by atoms with Crippen LogP contribution < -0.4 is 5.32 Å². The van der Waals surface area contributed by atoms with Crippen molar-refractivity contribution in [1.82, 2.24) is 5.32 Å². The van der Waals surface area contributed by atoms with Crippen LogP contribution in [0.1, 0.15) is 26.2 Å². The maximum atomic E-state index is 11.0. The highest BCUT2D eigenvalue weighted by atomic mass is 16.5. The van der Waals surface area contributed by atoms with Gasteiger partial charge in [0.25, 0.3) is 0 Å². The molecule has 0 aliphatic heterocycles. The van der Waals surface area contributed by atoms with Gasteiger partial charge in [0.15, 0.2) is 0 Å². The molecule has 2 N–H and O–H groups in total. The predicted molar refractivity (Wildman–Crippen MR) is 50.4 cm³/mol. The summed E-state index contributed by atoms with van der Waals surface area (Å²) in [5.41, 5.74) is 0. The van der Waals surface area contributed by atoms with E-state index in [2.05, 4.69) is 5.32 Å². The number of aliphatic hydroxyl groups is 1. The summed E-state index contributed by atoms with van der Waals surface area (Å²) in [5, 5.41) is 11.2. The summed E-state index contributed by atoms with van der Waals surface area (Å²) >= 11 is 0. The molecule has 0 aliphatic carbocycles. The van der Waals surface area contributed by atoms with E-state index in [9.17, 15) is 4.79 Å². The first-order chi connectivity index (χ1) is 6.31. The van der Waals surface area contributed by atoms with Crippen LogP contribution >= 0.6 is 0 Å². The van der Waals surface area contributed by atoms with Crippen molar-refractivity contribution >= 4 is 5.91 Å². The van der Waals surface area contributed by atoms with E-state index in [0.29, 0.717) is 32.6 Å². The van der Waals surface area contributed by atoms with Crippen LogP contribution in [0.4, 0.5) is 0 Å². The standard InChI is InChI=1S/C9H19NO3/c1-2-13-8-3-5-9(12)10-6-4-7-11/h11H,2-8H2,1H3,(H,10,12). The highest BCUT2D eigenvalue weighted by Crippen LogP contribution is 1.90. The van der Waals surface area contributed by atoms with Crippen LogP contribution in [0.5, 0.6) is 0 Å². The Bertz CT molecular complexity index is 128. The molecule has 0 saturated heterocycles. The molecule has 0 aromatic heterocycles. The predicted octanol–water partition coefficient (Wildman–Crippen LogP) is 0.302. The number of aliphatic hydroxyl groups excluding tert-OH is 1. The highest BCUT2D eigenvalue weighted by Gasteiger charge is 1.98. The van der Waals surface area contributed by atoms with Gasteiger partial charge in [0.2, 0.25) is 5.91 Å². The third kappa shape index (κ3) is 9.30. The van der Waals surface area contributed by atoms with Crippen molar-refractivity contribution < 1.29 is 14.6 Å². The van der Waals surface area contributed by atoms with E-state index in [1.807, 2.05) is 6.92 Å². The van der Waals surface area contributed by atoms with Crippen LogP contribution in [0.3, 0.4) is 0 Å². The molecule has 1 amide bonds. The fourth-order valence-electron chi connectivity index (χ4n) is 0.874. The Labute approximate surface area is 79.3 Å². The first-order valence-electron chi connectivity index (χ1n) is 4.76. The molecular weight excluding hydrogens is 170 g/mol. The number of nitrogens with one attached hydrogen (secondary N) is 1. The molecule has 0 aromatic rings. The first kappa shape index (κ1) is 12.4. The minimum Gasteiger partial charge on any atom is -0.396 e. The number of rotatable bonds is 8. The maximum Gasteiger partial charge on any atom is 0.220 e. The van der Waals surface area contributed by atoms with Gasteiger partial charge in [-0.15, -0.1) is 0 Å². The molecule has 0 spiro atoms. The van der Waals surface area contributed by atoms with Crippen molar-refractivity contribution in [3.63, 3.8) is 0 Å². The van der Waals surface area contributed by atoms with Gasteiger partial charge in [-0.1, -0.05) is 0 Å². The Morgan fingerprint density at radius 3 is 2.85 bits per heavy atom. The van der Waals surface area contributed by atoms with Crippen LogP contribution in [-0.4, -0.2) is 37.4 Å². The third-order valence-electron chi connectivity index (χ3n) is 1.55. The molecule has 0 fully saturated rings. The Kier molecular flexibility index (Phi) is 9.03. The topological polar surface area (TPSA) is 58.6 Å². The molecule has 0 unspecified atom stereocenters. The number of hydrogen-bond donors (Lipinski definition) is 2. The van der Waals surface area contributed by atoms with Gasteiger partial charge in [0.1, 0.15) is 0 Å². The summed E-state index contributed by atoms with van der Waals surface area (Å²) in [6, 6.07) is 0.